The molecule has 36 heavy (non-hydrogen) atoms. The van der Waals surface area contributed by atoms with Gasteiger partial charge in [0.25, 0.3) is 0 Å². The molecule has 0 N–H and O–H groups in total. The van der Waals surface area contributed by atoms with Crippen molar-refractivity contribution in [3.8, 4) is 0 Å². The number of rotatable bonds is 10. The number of esters is 4. The van der Waals surface area contributed by atoms with Gasteiger partial charge in [0.15, 0.2) is 0 Å². The molecule has 0 aliphatic heterocycles. The Morgan fingerprint density at radius 2 is 0.806 bits per heavy atom. The minimum atomic E-state index is -0.671. The molecule has 0 heterocycles. The average Bonchev–Trinajstić information content (AvgIpc) is 2.91. The van der Waals surface area contributed by atoms with Gasteiger partial charge in [-0.25, -0.2) is 19.2 Å². The van der Waals surface area contributed by atoms with Crippen LogP contribution < -0.4 is 0 Å². The van der Waals surface area contributed by atoms with Crippen LogP contribution in [0.15, 0.2) is 84.9 Å². The second kappa shape index (κ2) is 12.9. The van der Waals surface area contributed by atoms with Gasteiger partial charge >= 0.3 is 23.9 Å². The van der Waals surface area contributed by atoms with Crippen LogP contribution in [0, 0.1) is 0 Å². The largest absolute Gasteiger partial charge is 0.458 e. The highest BCUT2D eigenvalue weighted by atomic mass is 16.6. The molecule has 8 nitrogen and oxygen atoms in total. The number of benzene rings is 3. The van der Waals surface area contributed by atoms with Crippen LogP contribution >= 0.6 is 0 Å². The first-order chi connectivity index (χ1) is 17.3. The van der Waals surface area contributed by atoms with Crippen LogP contribution in [0.4, 0.5) is 0 Å². The fourth-order valence-corrected chi connectivity index (χ4v) is 3.01. The van der Waals surface area contributed by atoms with E-state index in [-0.39, 0.29) is 24.3 Å². The lowest BCUT2D eigenvalue weighted by Gasteiger charge is -2.14. The topological polar surface area (TPSA) is 105 Å². The standard InChI is InChI=1S/C28H26O8/c1-19(35-27(31)22-11-7-4-8-12-22)18-34-26(30)23-13-15-24(16-14-23)28(32)36-20(2)17-33-25(29)21-9-5-3-6-10-21/h3-16,19-20H,17-18H2,1-2H3. The molecule has 0 saturated carbocycles. The van der Waals surface area contributed by atoms with Gasteiger partial charge in [-0.3, -0.25) is 0 Å². The number of carbonyl (C=O) groups excluding carboxylic acids is 4. The summed E-state index contributed by atoms with van der Waals surface area (Å²) >= 11 is 0. The highest BCUT2D eigenvalue weighted by Gasteiger charge is 2.17. The van der Waals surface area contributed by atoms with E-state index in [1.165, 1.54) is 24.3 Å². The van der Waals surface area contributed by atoms with Crippen molar-refractivity contribution in [1.29, 1.82) is 0 Å². The number of ether oxygens (including phenoxy) is 4. The Labute approximate surface area is 208 Å². The Hall–Kier alpha value is -4.46. The SMILES string of the molecule is CC(COC(=O)c1ccc(C(=O)OC(C)COC(=O)c2ccccc2)cc1)OC(=O)c1ccccc1. The Bertz CT molecular complexity index is 1170. The van der Waals surface area contributed by atoms with Crippen molar-refractivity contribution in [3.63, 3.8) is 0 Å². The summed E-state index contributed by atoms with van der Waals surface area (Å²) in [4.78, 5) is 48.7. The highest BCUT2D eigenvalue weighted by molar-refractivity contribution is 5.93. The zero-order chi connectivity index (χ0) is 25.9. The minimum Gasteiger partial charge on any atom is -0.458 e. The third kappa shape index (κ3) is 7.80. The maximum Gasteiger partial charge on any atom is 0.338 e. The number of carbonyl (C=O) groups is 4. The summed E-state index contributed by atoms with van der Waals surface area (Å²) in [6, 6.07) is 22.7. The minimum absolute atomic E-state index is 0.100. The lowest BCUT2D eigenvalue weighted by Crippen LogP contribution is -2.23. The lowest BCUT2D eigenvalue weighted by atomic mass is 10.1. The molecule has 186 valence electrons. The maximum absolute atomic E-state index is 12.4. The van der Waals surface area contributed by atoms with Gasteiger partial charge in [-0.05, 0) is 62.4 Å². The summed E-state index contributed by atoms with van der Waals surface area (Å²) in [6.07, 6.45) is -1.32. The first-order valence-corrected chi connectivity index (χ1v) is 11.3. The van der Waals surface area contributed by atoms with Gasteiger partial charge < -0.3 is 18.9 Å². The summed E-state index contributed by atoms with van der Waals surface area (Å²) in [5.74, 6) is -2.27. The number of hydrogen-bond donors (Lipinski definition) is 0. The molecule has 0 bridgehead atoms. The van der Waals surface area contributed by atoms with Crippen molar-refractivity contribution in [1.82, 2.24) is 0 Å². The highest BCUT2D eigenvalue weighted by Crippen LogP contribution is 2.11. The predicted octanol–water partition coefficient (Wildman–Crippen LogP) is 4.49. The van der Waals surface area contributed by atoms with Crippen molar-refractivity contribution in [2.24, 2.45) is 0 Å². The average molecular weight is 491 g/mol. The quantitative estimate of drug-likeness (QED) is 0.302. The van der Waals surface area contributed by atoms with E-state index in [1.54, 1.807) is 74.5 Å². The van der Waals surface area contributed by atoms with E-state index in [0.29, 0.717) is 11.1 Å². The third-order valence-electron chi connectivity index (χ3n) is 4.89. The van der Waals surface area contributed by atoms with Crippen molar-refractivity contribution in [2.45, 2.75) is 26.1 Å². The fourth-order valence-electron chi connectivity index (χ4n) is 3.01. The van der Waals surface area contributed by atoms with E-state index in [9.17, 15) is 19.2 Å². The number of hydrogen-bond acceptors (Lipinski definition) is 8. The van der Waals surface area contributed by atoms with Gasteiger partial charge in [-0.15, -0.1) is 0 Å². The smallest absolute Gasteiger partial charge is 0.338 e. The van der Waals surface area contributed by atoms with E-state index in [4.69, 9.17) is 18.9 Å². The van der Waals surface area contributed by atoms with Gasteiger partial charge in [0.05, 0.1) is 22.3 Å². The molecule has 2 unspecified atom stereocenters. The maximum atomic E-state index is 12.4. The summed E-state index contributed by atoms with van der Waals surface area (Å²) in [6.45, 7) is 3.00. The summed E-state index contributed by atoms with van der Waals surface area (Å²) in [5, 5.41) is 0. The molecular formula is C28H26O8. The predicted molar refractivity (Wildman–Crippen MR) is 130 cm³/mol. The molecular weight excluding hydrogens is 464 g/mol. The van der Waals surface area contributed by atoms with Crippen LogP contribution in [-0.2, 0) is 18.9 Å². The normalized spacial score (nSPS) is 12.1. The molecule has 3 aromatic carbocycles. The zero-order valence-corrected chi connectivity index (χ0v) is 19.9. The summed E-state index contributed by atoms with van der Waals surface area (Å²) in [7, 11) is 0. The van der Waals surface area contributed by atoms with E-state index in [2.05, 4.69) is 0 Å². The van der Waals surface area contributed by atoms with Crippen LogP contribution in [-0.4, -0.2) is 49.3 Å². The molecule has 8 heteroatoms. The fraction of sp³-hybridized carbons (Fsp3) is 0.214. The van der Waals surface area contributed by atoms with Gasteiger partial charge in [-0.2, -0.15) is 0 Å². The summed E-state index contributed by atoms with van der Waals surface area (Å²) < 4.78 is 20.9. The van der Waals surface area contributed by atoms with Gasteiger partial charge in [0.2, 0.25) is 0 Å². The van der Waals surface area contributed by atoms with Crippen molar-refractivity contribution in [2.75, 3.05) is 13.2 Å². The Morgan fingerprint density at radius 3 is 1.19 bits per heavy atom. The molecule has 3 aromatic rings. The molecule has 0 aromatic heterocycles. The second-order valence-electron chi connectivity index (χ2n) is 7.94. The molecule has 2 atom stereocenters. The molecule has 0 amide bonds. The van der Waals surface area contributed by atoms with Gasteiger partial charge in [-0.1, -0.05) is 36.4 Å². The molecule has 0 fully saturated rings. The van der Waals surface area contributed by atoms with E-state index in [0.717, 1.165) is 0 Å². The third-order valence-corrected chi connectivity index (χ3v) is 4.89. The van der Waals surface area contributed by atoms with E-state index < -0.39 is 36.1 Å². The lowest BCUT2D eigenvalue weighted by molar-refractivity contribution is 0.00425. The Morgan fingerprint density at radius 1 is 0.500 bits per heavy atom. The van der Waals surface area contributed by atoms with E-state index >= 15 is 0 Å². The van der Waals surface area contributed by atoms with Crippen LogP contribution in [0.1, 0.15) is 55.3 Å². The molecule has 0 spiro atoms. The molecule has 0 radical (unpaired) electrons. The molecule has 3 rings (SSSR count). The van der Waals surface area contributed by atoms with Gasteiger partial charge in [0.1, 0.15) is 25.4 Å². The first kappa shape index (κ1) is 26.2. The van der Waals surface area contributed by atoms with Gasteiger partial charge in [0, 0.05) is 0 Å². The molecule has 0 aliphatic carbocycles. The zero-order valence-electron chi connectivity index (χ0n) is 19.9. The van der Waals surface area contributed by atoms with Crippen LogP contribution in [0.25, 0.3) is 0 Å². The molecule has 0 saturated heterocycles. The Balaban J connectivity index is 1.42. The van der Waals surface area contributed by atoms with Crippen LogP contribution in [0.2, 0.25) is 0 Å². The Kier molecular flexibility index (Phi) is 9.33. The second-order valence-corrected chi connectivity index (χ2v) is 7.94. The summed E-state index contributed by atoms with van der Waals surface area (Å²) in [5.41, 5.74) is 1.25. The van der Waals surface area contributed by atoms with Crippen LogP contribution in [0.5, 0.6) is 0 Å². The van der Waals surface area contributed by atoms with Crippen LogP contribution in [0.3, 0.4) is 0 Å². The first-order valence-electron chi connectivity index (χ1n) is 11.3. The monoisotopic (exact) mass is 490 g/mol. The van der Waals surface area contributed by atoms with Crippen molar-refractivity contribution in [3.05, 3.63) is 107 Å². The van der Waals surface area contributed by atoms with Crippen molar-refractivity contribution >= 4 is 23.9 Å². The van der Waals surface area contributed by atoms with E-state index in [1.807, 2.05) is 0 Å². The molecule has 0 aliphatic rings. The van der Waals surface area contributed by atoms with Crippen molar-refractivity contribution < 1.29 is 38.1 Å².